The van der Waals surface area contributed by atoms with Gasteiger partial charge in [0.05, 0.1) is 6.61 Å². The molecule has 1 aliphatic rings. The summed E-state index contributed by atoms with van der Waals surface area (Å²) >= 11 is 0. The van der Waals surface area contributed by atoms with E-state index in [2.05, 4.69) is 13.8 Å². The minimum absolute atomic E-state index is 0.0175. The Bertz CT molecular complexity index is 1010. The monoisotopic (exact) mass is 794 g/mol. The van der Waals surface area contributed by atoms with Crippen LogP contribution in [0, 0.1) is 0 Å². The molecule has 0 radical (unpaired) electrons. The van der Waals surface area contributed by atoms with Crippen LogP contribution in [0.15, 0.2) is 12.2 Å². The molecule has 0 aromatic carbocycles. The van der Waals surface area contributed by atoms with E-state index in [0.29, 0.717) is 12.8 Å². The van der Waals surface area contributed by atoms with Gasteiger partial charge in [-0.1, -0.05) is 148 Å². The van der Waals surface area contributed by atoms with Gasteiger partial charge < -0.3 is 39.9 Å². The van der Waals surface area contributed by atoms with Crippen molar-refractivity contribution in [3.05, 3.63) is 12.2 Å². The van der Waals surface area contributed by atoms with Crippen LogP contribution in [-0.2, 0) is 32.7 Å². The van der Waals surface area contributed by atoms with Crippen LogP contribution in [-0.4, -0.2) is 98.3 Å². The number of carbonyl (C=O) groups excluding carboxylic acids is 2. The summed E-state index contributed by atoms with van der Waals surface area (Å²) in [5.74, 6) is -1.15. The summed E-state index contributed by atoms with van der Waals surface area (Å²) in [7, 11) is -5.11. The third-order valence-electron chi connectivity index (χ3n) is 9.87. The second kappa shape index (κ2) is 31.6. The van der Waals surface area contributed by atoms with Crippen molar-refractivity contribution in [2.45, 2.75) is 217 Å². The number of aliphatic hydroxyl groups excluding tert-OH is 5. The first-order valence-corrected chi connectivity index (χ1v) is 22.5. The molecule has 0 aromatic rings. The maximum Gasteiger partial charge on any atom is 0.472 e. The third-order valence-corrected chi connectivity index (χ3v) is 10.9. The van der Waals surface area contributed by atoms with Crippen LogP contribution >= 0.6 is 7.82 Å². The van der Waals surface area contributed by atoms with Crippen LogP contribution in [0.25, 0.3) is 0 Å². The SMILES string of the molecule is CCCCCCCCCCCCC/C=C/CCC(=O)O[C@H](COC(=O)CCCCCCCCCCCC)COP(=O)(O)OC1C(O)C(O)C(O)[C@@H](O)C1O. The maximum atomic E-state index is 12.7. The lowest BCUT2D eigenvalue weighted by Crippen LogP contribution is -2.64. The zero-order chi connectivity index (χ0) is 40.0. The van der Waals surface area contributed by atoms with Gasteiger partial charge in [0.2, 0.25) is 0 Å². The molecule has 8 atom stereocenters. The first-order valence-electron chi connectivity index (χ1n) is 21.0. The van der Waals surface area contributed by atoms with Crippen molar-refractivity contribution in [3.63, 3.8) is 0 Å². The highest BCUT2D eigenvalue weighted by Crippen LogP contribution is 2.47. The van der Waals surface area contributed by atoms with Gasteiger partial charge in [0.1, 0.15) is 43.2 Å². The lowest BCUT2D eigenvalue weighted by molar-refractivity contribution is -0.220. The number of allylic oxidation sites excluding steroid dienone is 2. The van der Waals surface area contributed by atoms with E-state index in [4.69, 9.17) is 18.5 Å². The predicted octanol–water partition coefficient (Wildman–Crippen LogP) is 7.11. The van der Waals surface area contributed by atoms with E-state index in [1.54, 1.807) is 0 Å². The third kappa shape index (κ3) is 24.3. The Labute approximate surface area is 324 Å². The highest BCUT2D eigenvalue weighted by atomic mass is 31.2. The second-order valence-electron chi connectivity index (χ2n) is 14.8. The van der Waals surface area contributed by atoms with Gasteiger partial charge in [-0.3, -0.25) is 18.6 Å². The zero-order valence-electron chi connectivity index (χ0n) is 33.3. The van der Waals surface area contributed by atoms with Crippen LogP contribution in [0.3, 0.4) is 0 Å². The van der Waals surface area contributed by atoms with E-state index < -0.39 is 75.7 Å². The van der Waals surface area contributed by atoms with Crippen molar-refractivity contribution in [2.24, 2.45) is 0 Å². The summed E-state index contributed by atoms with van der Waals surface area (Å²) in [6.07, 6.45) is 17.3. The Morgan fingerprint density at radius 1 is 0.556 bits per heavy atom. The number of carbonyl (C=O) groups is 2. The lowest BCUT2D eigenvalue weighted by Gasteiger charge is -2.41. The van der Waals surface area contributed by atoms with Crippen molar-refractivity contribution < 1.29 is 63.1 Å². The molecule has 0 aromatic heterocycles. The molecule has 318 valence electrons. The van der Waals surface area contributed by atoms with Crippen molar-refractivity contribution in [3.8, 4) is 0 Å². The minimum Gasteiger partial charge on any atom is -0.462 e. The fraction of sp³-hybridized carbons (Fsp3) is 0.900. The molecule has 6 N–H and O–H groups in total. The molecule has 0 amide bonds. The number of aliphatic hydroxyl groups is 5. The van der Waals surface area contributed by atoms with Crippen LogP contribution in [0.1, 0.15) is 174 Å². The van der Waals surface area contributed by atoms with Crippen molar-refractivity contribution >= 4 is 19.8 Å². The Morgan fingerprint density at radius 3 is 1.48 bits per heavy atom. The Hall–Kier alpha value is -1.41. The van der Waals surface area contributed by atoms with Crippen molar-refractivity contribution in [1.29, 1.82) is 0 Å². The summed E-state index contributed by atoms with van der Waals surface area (Å²) in [4.78, 5) is 35.4. The van der Waals surface area contributed by atoms with Gasteiger partial charge in [0, 0.05) is 12.8 Å². The molecule has 1 fully saturated rings. The quantitative estimate of drug-likeness (QED) is 0.0166. The molecule has 6 unspecified atom stereocenters. The van der Waals surface area contributed by atoms with Crippen LogP contribution in [0.5, 0.6) is 0 Å². The normalized spacial score (nSPS) is 23.3. The highest BCUT2D eigenvalue weighted by Gasteiger charge is 2.51. The number of ether oxygens (including phenoxy) is 2. The highest BCUT2D eigenvalue weighted by molar-refractivity contribution is 7.47. The molecule has 1 rings (SSSR count). The van der Waals surface area contributed by atoms with E-state index in [0.717, 1.165) is 32.1 Å². The van der Waals surface area contributed by atoms with E-state index >= 15 is 0 Å². The molecule has 1 saturated carbocycles. The van der Waals surface area contributed by atoms with Gasteiger partial charge in [-0.15, -0.1) is 0 Å². The number of phosphoric acid groups is 1. The second-order valence-corrected chi connectivity index (χ2v) is 16.3. The summed E-state index contributed by atoms with van der Waals surface area (Å²) in [5.41, 5.74) is 0. The standard InChI is InChI=1S/C40H75O13P/c1-3-5-7-9-11-13-15-16-17-18-19-21-23-25-27-29-34(42)52-32(30-50-33(41)28-26-24-22-20-14-12-10-8-6-4-2)31-51-54(48,49)53-40-38(46)36(44)35(43)37(45)39(40)47/h23,25,32,35-40,43-47H,3-22,24,26-31H2,1-2H3,(H,48,49)/b25-23+/t32-,35?,36-,37?,38?,39?,40?/m1/s1. The van der Waals surface area contributed by atoms with Gasteiger partial charge >= 0.3 is 19.8 Å². The Balaban J connectivity index is 2.52. The lowest BCUT2D eigenvalue weighted by atomic mass is 9.85. The summed E-state index contributed by atoms with van der Waals surface area (Å²) in [5, 5.41) is 50.0. The summed E-state index contributed by atoms with van der Waals surface area (Å²) in [6, 6.07) is 0. The van der Waals surface area contributed by atoms with E-state index in [-0.39, 0.29) is 12.8 Å². The van der Waals surface area contributed by atoms with Crippen molar-refractivity contribution in [1.82, 2.24) is 0 Å². The molecular formula is C40H75O13P. The molecule has 0 heterocycles. The van der Waals surface area contributed by atoms with E-state index in [9.17, 15) is 44.6 Å². The first-order chi connectivity index (χ1) is 25.9. The van der Waals surface area contributed by atoms with Gasteiger partial charge in [0.15, 0.2) is 6.10 Å². The van der Waals surface area contributed by atoms with Gasteiger partial charge in [-0.2, -0.15) is 0 Å². The Morgan fingerprint density at radius 2 is 0.981 bits per heavy atom. The topological polar surface area (TPSA) is 210 Å². The Kier molecular flexibility index (Phi) is 29.7. The van der Waals surface area contributed by atoms with Gasteiger partial charge in [-0.05, 0) is 25.7 Å². The van der Waals surface area contributed by atoms with Crippen LogP contribution < -0.4 is 0 Å². The average Bonchev–Trinajstić information content (AvgIpc) is 3.15. The number of unbranched alkanes of at least 4 members (excludes halogenated alkanes) is 20. The fourth-order valence-electron chi connectivity index (χ4n) is 6.42. The van der Waals surface area contributed by atoms with Gasteiger partial charge in [0.25, 0.3) is 0 Å². The van der Waals surface area contributed by atoms with Crippen LogP contribution in [0.4, 0.5) is 0 Å². The number of rotatable bonds is 34. The number of hydrogen-bond donors (Lipinski definition) is 6. The zero-order valence-corrected chi connectivity index (χ0v) is 34.2. The number of esters is 2. The smallest absolute Gasteiger partial charge is 0.462 e. The van der Waals surface area contributed by atoms with Gasteiger partial charge in [-0.25, -0.2) is 4.57 Å². The number of hydrogen-bond acceptors (Lipinski definition) is 12. The number of phosphoric ester groups is 1. The minimum atomic E-state index is -5.11. The fourth-order valence-corrected chi connectivity index (χ4v) is 7.39. The molecule has 13 nitrogen and oxygen atoms in total. The largest absolute Gasteiger partial charge is 0.472 e. The van der Waals surface area contributed by atoms with E-state index in [1.165, 1.54) is 103 Å². The predicted molar refractivity (Wildman–Crippen MR) is 207 cm³/mol. The van der Waals surface area contributed by atoms with Crippen LogP contribution in [0.2, 0.25) is 0 Å². The maximum absolute atomic E-state index is 12.7. The van der Waals surface area contributed by atoms with Crippen molar-refractivity contribution in [2.75, 3.05) is 13.2 Å². The molecule has 1 aliphatic carbocycles. The average molecular weight is 795 g/mol. The molecule has 0 spiro atoms. The molecule has 0 bridgehead atoms. The summed E-state index contributed by atoms with van der Waals surface area (Å²) in [6.45, 7) is 3.23. The van der Waals surface area contributed by atoms with E-state index in [1.807, 2.05) is 12.2 Å². The first kappa shape index (κ1) is 50.6. The molecule has 54 heavy (non-hydrogen) atoms. The molecule has 0 saturated heterocycles. The molecule has 0 aliphatic heterocycles. The molecular weight excluding hydrogens is 719 g/mol. The summed E-state index contributed by atoms with van der Waals surface area (Å²) < 4.78 is 33.3. The molecule has 14 heteroatoms.